The largest absolute Gasteiger partial charge is 0.457 e. The van der Waals surface area contributed by atoms with Crippen molar-refractivity contribution in [3.8, 4) is 11.5 Å². The lowest BCUT2D eigenvalue weighted by Crippen LogP contribution is -2.73. The Morgan fingerprint density at radius 1 is 0.972 bits per heavy atom. The van der Waals surface area contributed by atoms with Crippen LogP contribution in [0.3, 0.4) is 0 Å². The van der Waals surface area contributed by atoms with Crippen molar-refractivity contribution in [3.05, 3.63) is 60.2 Å². The Labute approximate surface area is 216 Å². The van der Waals surface area contributed by atoms with Crippen molar-refractivity contribution < 1.29 is 14.3 Å². The van der Waals surface area contributed by atoms with Gasteiger partial charge in [-0.3, -0.25) is 14.5 Å². The summed E-state index contributed by atoms with van der Waals surface area (Å²) in [5.74, 6) is 2.14. The number of para-hydroxylation sites is 1. The summed E-state index contributed by atoms with van der Waals surface area (Å²) < 4.78 is 5.94. The number of amides is 2. The van der Waals surface area contributed by atoms with Gasteiger partial charge in [-0.25, -0.2) is 0 Å². The van der Waals surface area contributed by atoms with Gasteiger partial charge in [-0.15, -0.1) is 0 Å². The summed E-state index contributed by atoms with van der Waals surface area (Å²) in [5, 5.41) is 3.10. The molecule has 1 N–H and O–H groups in total. The number of rotatable bonds is 9. The van der Waals surface area contributed by atoms with Gasteiger partial charge < -0.3 is 15.0 Å². The highest BCUT2D eigenvalue weighted by Crippen LogP contribution is 2.37. The van der Waals surface area contributed by atoms with E-state index in [1.165, 1.54) is 5.56 Å². The van der Waals surface area contributed by atoms with Crippen LogP contribution < -0.4 is 10.1 Å². The van der Waals surface area contributed by atoms with E-state index in [-0.39, 0.29) is 17.9 Å². The third-order valence-electron chi connectivity index (χ3n) is 7.77. The molecule has 36 heavy (non-hydrogen) atoms. The highest BCUT2D eigenvalue weighted by Gasteiger charge is 2.53. The minimum Gasteiger partial charge on any atom is -0.457 e. The number of hydrogen-bond donors (Lipinski definition) is 1. The molecule has 194 valence electrons. The van der Waals surface area contributed by atoms with Crippen LogP contribution in [0.15, 0.2) is 54.6 Å². The van der Waals surface area contributed by atoms with Crippen LogP contribution in [0.5, 0.6) is 11.5 Å². The lowest BCUT2D eigenvalue weighted by atomic mass is 9.80. The first-order chi connectivity index (χ1) is 17.3. The van der Waals surface area contributed by atoms with E-state index < -0.39 is 11.6 Å². The molecule has 2 amide bonds. The maximum Gasteiger partial charge on any atom is 0.246 e. The molecule has 2 aliphatic rings. The quantitative estimate of drug-likeness (QED) is 0.500. The first kappa shape index (κ1) is 26.2. The molecule has 2 aromatic carbocycles. The lowest BCUT2D eigenvalue weighted by Gasteiger charge is -2.52. The van der Waals surface area contributed by atoms with Crippen LogP contribution >= 0.6 is 0 Å². The number of piperidine rings is 1. The van der Waals surface area contributed by atoms with Gasteiger partial charge in [0.25, 0.3) is 0 Å². The van der Waals surface area contributed by atoms with Crippen LogP contribution in [0.4, 0.5) is 0 Å². The summed E-state index contributed by atoms with van der Waals surface area (Å²) in [5.41, 5.74) is 0.499. The monoisotopic (exact) mass is 491 g/mol. The Morgan fingerprint density at radius 2 is 1.61 bits per heavy atom. The molecular weight excluding hydrogens is 450 g/mol. The van der Waals surface area contributed by atoms with Crippen LogP contribution in [0, 0.1) is 5.92 Å². The molecule has 2 atom stereocenters. The smallest absolute Gasteiger partial charge is 0.246 e. The van der Waals surface area contributed by atoms with Gasteiger partial charge in [0, 0.05) is 25.7 Å². The van der Waals surface area contributed by atoms with E-state index in [2.05, 4.69) is 50.0 Å². The standard InChI is InChI=1S/C30H41N3O3/c1-5-6-18-33-28(34)27(21-22(2)3)31-29(35)30(33)16-19-32(20-17-30)23(4)24-12-14-26(15-13-24)36-25-10-8-7-9-11-25/h7-15,22-23,27H,5-6,16-21H2,1-4H3,(H,31,35). The molecule has 0 bridgehead atoms. The summed E-state index contributed by atoms with van der Waals surface area (Å²) >= 11 is 0. The fourth-order valence-electron chi connectivity index (χ4n) is 5.58. The molecule has 4 rings (SSSR count). The number of benzene rings is 2. The molecule has 1 spiro atoms. The lowest BCUT2D eigenvalue weighted by molar-refractivity contribution is -0.162. The van der Waals surface area contributed by atoms with E-state index in [0.29, 0.717) is 31.7 Å². The molecule has 2 heterocycles. The van der Waals surface area contributed by atoms with Crippen molar-refractivity contribution >= 4 is 11.8 Å². The van der Waals surface area contributed by atoms with Crippen molar-refractivity contribution in [2.45, 2.75) is 77.4 Å². The van der Waals surface area contributed by atoms with Gasteiger partial charge in [0.15, 0.2) is 0 Å². The van der Waals surface area contributed by atoms with E-state index in [4.69, 9.17) is 4.74 Å². The Balaban J connectivity index is 1.43. The highest BCUT2D eigenvalue weighted by molar-refractivity contribution is 6.00. The van der Waals surface area contributed by atoms with E-state index in [9.17, 15) is 9.59 Å². The molecule has 6 nitrogen and oxygen atoms in total. The summed E-state index contributed by atoms with van der Waals surface area (Å²) in [6.45, 7) is 10.8. The SMILES string of the molecule is CCCCN1C(=O)C(CC(C)C)NC(=O)C12CCN(C(C)c1ccc(Oc3ccccc3)cc1)CC2. The first-order valence-corrected chi connectivity index (χ1v) is 13.5. The molecule has 2 unspecified atom stereocenters. The molecule has 2 fully saturated rings. The first-order valence-electron chi connectivity index (χ1n) is 13.5. The number of likely N-dealkylation sites (tertiary alicyclic amines) is 1. The number of carbonyl (C=O) groups is 2. The number of carbonyl (C=O) groups excluding carboxylic acids is 2. The van der Waals surface area contributed by atoms with Gasteiger partial charge in [0.05, 0.1) is 0 Å². The summed E-state index contributed by atoms with van der Waals surface area (Å²) in [4.78, 5) is 31.3. The number of ether oxygens (including phenoxy) is 1. The topological polar surface area (TPSA) is 61.9 Å². The van der Waals surface area contributed by atoms with Crippen LogP contribution in [0.2, 0.25) is 0 Å². The van der Waals surface area contributed by atoms with E-state index in [1.54, 1.807) is 0 Å². The van der Waals surface area contributed by atoms with Crippen molar-refractivity contribution in [1.29, 1.82) is 0 Å². The number of nitrogens with one attached hydrogen (secondary N) is 1. The minimum absolute atomic E-state index is 0.0403. The molecule has 0 aromatic heterocycles. The van der Waals surface area contributed by atoms with E-state index >= 15 is 0 Å². The number of piperazine rings is 1. The fourth-order valence-corrected chi connectivity index (χ4v) is 5.58. The zero-order chi connectivity index (χ0) is 25.7. The Hall–Kier alpha value is -2.86. The minimum atomic E-state index is -0.719. The van der Waals surface area contributed by atoms with Crippen molar-refractivity contribution in [3.63, 3.8) is 0 Å². The third kappa shape index (κ3) is 5.59. The second-order valence-electron chi connectivity index (χ2n) is 10.7. The zero-order valence-corrected chi connectivity index (χ0v) is 22.2. The van der Waals surface area contributed by atoms with Crippen molar-refractivity contribution in [1.82, 2.24) is 15.1 Å². The van der Waals surface area contributed by atoms with Crippen LogP contribution in [-0.2, 0) is 9.59 Å². The predicted octanol–water partition coefficient (Wildman–Crippen LogP) is 5.55. The van der Waals surface area contributed by atoms with Crippen LogP contribution in [0.25, 0.3) is 0 Å². The predicted molar refractivity (Wildman–Crippen MR) is 143 cm³/mol. The number of hydrogen-bond acceptors (Lipinski definition) is 4. The maximum atomic E-state index is 13.5. The molecular formula is C30H41N3O3. The summed E-state index contributed by atoms with van der Waals surface area (Å²) in [6, 6.07) is 17.9. The normalized spacial score (nSPS) is 21.0. The summed E-state index contributed by atoms with van der Waals surface area (Å²) in [7, 11) is 0. The second kappa shape index (κ2) is 11.5. The average molecular weight is 492 g/mol. The van der Waals surface area contributed by atoms with Gasteiger partial charge in [0.1, 0.15) is 23.1 Å². The third-order valence-corrected chi connectivity index (χ3v) is 7.77. The Bertz CT molecular complexity index is 1010. The van der Waals surface area contributed by atoms with Crippen molar-refractivity contribution in [2.24, 2.45) is 5.92 Å². The fraction of sp³-hybridized carbons (Fsp3) is 0.533. The second-order valence-corrected chi connectivity index (χ2v) is 10.7. The molecule has 2 aromatic rings. The zero-order valence-electron chi connectivity index (χ0n) is 22.2. The molecule has 0 radical (unpaired) electrons. The number of nitrogens with zero attached hydrogens (tertiary/aromatic N) is 2. The van der Waals surface area contributed by atoms with Gasteiger partial charge in [-0.05, 0) is 68.4 Å². The summed E-state index contributed by atoms with van der Waals surface area (Å²) in [6.07, 6.45) is 3.96. The number of unbranched alkanes of at least 4 members (excludes halogenated alkanes) is 1. The molecule has 0 aliphatic carbocycles. The molecule has 6 heteroatoms. The van der Waals surface area contributed by atoms with Crippen LogP contribution in [-0.4, -0.2) is 52.8 Å². The van der Waals surface area contributed by atoms with E-state index in [1.807, 2.05) is 47.4 Å². The van der Waals surface area contributed by atoms with Gasteiger partial charge in [0.2, 0.25) is 11.8 Å². The van der Waals surface area contributed by atoms with Gasteiger partial charge >= 0.3 is 0 Å². The van der Waals surface area contributed by atoms with Crippen LogP contribution in [0.1, 0.15) is 71.4 Å². The van der Waals surface area contributed by atoms with E-state index in [0.717, 1.165) is 37.4 Å². The average Bonchev–Trinajstić information content (AvgIpc) is 2.88. The Kier molecular flexibility index (Phi) is 8.35. The Morgan fingerprint density at radius 3 is 2.22 bits per heavy atom. The molecule has 2 saturated heterocycles. The molecule has 2 aliphatic heterocycles. The van der Waals surface area contributed by atoms with Crippen molar-refractivity contribution in [2.75, 3.05) is 19.6 Å². The molecule has 0 saturated carbocycles. The maximum absolute atomic E-state index is 13.5. The van der Waals surface area contributed by atoms with Gasteiger partial charge in [-0.2, -0.15) is 0 Å². The van der Waals surface area contributed by atoms with Gasteiger partial charge in [-0.1, -0.05) is 57.5 Å². The highest BCUT2D eigenvalue weighted by atomic mass is 16.5.